The Morgan fingerprint density at radius 2 is 2.05 bits per heavy atom. The second kappa shape index (κ2) is 4.03. The van der Waals surface area contributed by atoms with Crippen LogP contribution in [-0.2, 0) is 16.1 Å². The van der Waals surface area contributed by atoms with Gasteiger partial charge in [-0.3, -0.25) is 0 Å². The van der Waals surface area contributed by atoms with Crippen molar-refractivity contribution in [3.8, 4) is 0 Å². The van der Waals surface area contributed by atoms with Gasteiger partial charge >= 0.3 is 5.97 Å². The maximum atomic E-state index is 10.3. The van der Waals surface area contributed by atoms with Gasteiger partial charge in [0.15, 0.2) is 0 Å². The molecule has 3 aliphatic rings. The van der Waals surface area contributed by atoms with Crippen molar-refractivity contribution in [1.29, 1.82) is 0 Å². The highest BCUT2D eigenvalue weighted by Gasteiger charge is 2.67. The fourth-order valence-corrected chi connectivity index (χ4v) is 4.34. The van der Waals surface area contributed by atoms with Crippen LogP contribution in [0.3, 0.4) is 0 Å². The van der Waals surface area contributed by atoms with E-state index in [-0.39, 0.29) is 13.2 Å². The summed E-state index contributed by atoms with van der Waals surface area (Å²) >= 11 is 0. The number of hydrogen-bond donors (Lipinski definition) is 1. The van der Waals surface area contributed by atoms with Gasteiger partial charge in [0.05, 0.1) is 0 Å². The Labute approximate surface area is 110 Å². The number of hydrogen-bond acceptors (Lipinski definition) is 5. The fraction of sp³-hybridized carbons (Fsp3) is 0.769. The zero-order valence-corrected chi connectivity index (χ0v) is 10.5. The van der Waals surface area contributed by atoms with Gasteiger partial charge in [-0.25, -0.2) is 4.79 Å². The van der Waals surface area contributed by atoms with E-state index in [9.17, 15) is 4.79 Å². The second-order valence-corrected chi connectivity index (χ2v) is 5.93. The third-order valence-electron chi connectivity index (χ3n) is 4.95. The summed E-state index contributed by atoms with van der Waals surface area (Å²) in [7, 11) is 0. The molecule has 3 aliphatic carbocycles. The first kappa shape index (κ1) is 11.4. The van der Waals surface area contributed by atoms with Crippen molar-refractivity contribution in [3.63, 3.8) is 0 Å². The minimum Gasteiger partial charge on any atom is -0.480 e. The third-order valence-corrected chi connectivity index (χ3v) is 4.95. The van der Waals surface area contributed by atoms with Crippen LogP contribution in [0.2, 0.25) is 0 Å². The summed E-state index contributed by atoms with van der Waals surface area (Å²) in [4.78, 5) is 10.3. The average molecular weight is 264 g/mol. The van der Waals surface area contributed by atoms with E-state index in [1.54, 1.807) is 0 Å². The van der Waals surface area contributed by atoms with Crippen LogP contribution in [-0.4, -0.2) is 27.9 Å². The van der Waals surface area contributed by atoms with Crippen LogP contribution >= 0.6 is 0 Å². The molecule has 4 unspecified atom stereocenters. The minimum atomic E-state index is -0.993. The molecular weight excluding hydrogens is 248 g/mol. The molecule has 1 heterocycles. The smallest absolute Gasteiger partial charge is 0.329 e. The van der Waals surface area contributed by atoms with E-state index >= 15 is 0 Å². The van der Waals surface area contributed by atoms with Crippen molar-refractivity contribution >= 4 is 5.97 Å². The largest absolute Gasteiger partial charge is 0.480 e. The van der Waals surface area contributed by atoms with E-state index in [4.69, 9.17) is 14.3 Å². The van der Waals surface area contributed by atoms with Crippen LogP contribution in [0.25, 0.3) is 0 Å². The molecule has 3 fully saturated rings. The first-order valence-corrected chi connectivity index (χ1v) is 6.86. The molecule has 0 aromatic carbocycles. The van der Waals surface area contributed by atoms with Gasteiger partial charge in [0.1, 0.15) is 13.2 Å². The SMILES string of the molecule is O=C(O)COCc1nnc(C2C3C4CCC(C4)C23)o1. The van der Waals surface area contributed by atoms with Crippen molar-refractivity contribution in [1.82, 2.24) is 10.2 Å². The Bertz CT molecular complexity index is 498. The molecular formula is C13H16N2O4. The summed E-state index contributed by atoms with van der Waals surface area (Å²) in [6, 6.07) is 0. The third kappa shape index (κ3) is 1.77. The van der Waals surface area contributed by atoms with Gasteiger partial charge in [0.25, 0.3) is 0 Å². The number of aromatic nitrogens is 2. The molecule has 19 heavy (non-hydrogen) atoms. The molecule has 3 saturated carbocycles. The highest BCUT2D eigenvalue weighted by Crippen LogP contribution is 2.72. The Hall–Kier alpha value is -1.43. The molecule has 4 rings (SSSR count). The summed E-state index contributed by atoms with van der Waals surface area (Å²) in [5, 5.41) is 16.5. The standard InChI is InChI=1S/C13H16N2O4/c16-9(17)5-18-4-8-14-15-13(19-8)12-10-6-1-2-7(3-6)11(10)12/h6-7,10-12H,1-5H2,(H,16,17). The lowest BCUT2D eigenvalue weighted by molar-refractivity contribution is -0.142. The van der Waals surface area contributed by atoms with Crippen LogP contribution in [0.5, 0.6) is 0 Å². The number of rotatable bonds is 5. The van der Waals surface area contributed by atoms with Crippen molar-refractivity contribution in [3.05, 3.63) is 11.8 Å². The highest BCUT2D eigenvalue weighted by molar-refractivity contribution is 5.67. The van der Waals surface area contributed by atoms with E-state index in [0.29, 0.717) is 11.8 Å². The summed E-state index contributed by atoms with van der Waals surface area (Å²) in [6.45, 7) is -0.259. The molecule has 0 spiro atoms. The number of ether oxygens (including phenoxy) is 1. The zero-order chi connectivity index (χ0) is 13.0. The lowest BCUT2D eigenvalue weighted by atomic mass is 10.0. The molecule has 0 amide bonds. The summed E-state index contributed by atoms with van der Waals surface area (Å²) in [5.41, 5.74) is 0. The molecule has 4 atom stereocenters. The molecule has 6 nitrogen and oxygen atoms in total. The fourth-order valence-electron chi connectivity index (χ4n) is 4.34. The molecule has 0 radical (unpaired) electrons. The monoisotopic (exact) mass is 264 g/mol. The normalized spacial score (nSPS) is 38.4. The van der Waals surface area contributed by atoms with Crippen LogP contribution in [0, 0.1) is 23.7 Å². The van der Waals surface area contributed by atoms with Crippen molar-refractivity contribution in [2.75, 3.05) is 6.61 Å². The predicted octanol–water partition coefficient (Wildman–Crippen LogP) is 1.43. The molecule has 102 valence electrons. The Kier molecular flexibility index (Phi) is 2.42. The Morgan fingerprint density at radius 3 is 2.74 bits per heavy atom. The van der Waals surface area contributed by atoms with Gasteiger partial charge in [-0.2, -0.15) is 0 Å². The van der Waals surface area contributed by atoms with Gasteiger partial charge in [-0.15, -0.1) is 10.2 Å². The molecule has 1 aromatic heterocycles. The second-order valence-electron chi connectivity index (χ2n) is 5.93. The van der Waals surface area contributed by atoms with Crippen molar-refractivity contribution < 1.29 is 19.1 Å². The maximum Gasteiger partial charge on any atom is 0.329 e. The van der Waals surface area contributed by atoms with Crippen LogP contribution in [0.15, 0.2) is 4.42 Å². The summed E-state index contributed by atoms with van der Waals surface area (Å²) in [6.07, 6.45) is 4.13. The number of nitrogens with zero attached hydrogens (tertiary/aromatic N) is 2. The highest BCUT2D eigenvalue weighted by atomic mass is 16.5. The van der Waals surface area contributed by atoms with Crippen LogP contribution in [0.4, 0.5) is 0 Å². The van der Waals surface area contributed by atoms with Crippen molar-refractivity contribution in [2.45, 2.75) is 31.8 Å². The maximum absolute atomic E-state index is 10.3. The number of aliphatic carboxylic acids is 1. The van der Waals surface area contributed by atoms with Crippen LogP contribution < -0.4 is 0 Å². The van der Waals surface area contributed by atoms with Gasteiger partial charge < -0.3 is 14.3 Å². The minimum absolute atomic E-state index is 0.0776. The number of carbonyl (C=O) groups is 1. The average Bonchev–Trinajstić information content (AvgIpc) is 2.78. The first-order chi connectivity index (χ1) is 9.24. The first-order valence-electron chi connectivity index (χ1n) is 6.86. The number of carboxylic acids is 1. The van der Waals surface area contributed by atoms with E-state index in [1.165, 1.54) is 19.3 Å². The molecule has 0 aliphatic heterocycles. The topological polar surface area (TPSA) is 85.5 Å². The molecule has 2 bridgehead atoms. The summed E-state index contributed by atoms with van der Waals surface area (Å²) in [5.74, 6) is 3.88. The number of fused-ring (bicyclic) bond motifs is 5. The van der Waals surface area contributed by atoms with E-state index < -0.39 is 5.97 Å². The number of carboxylic acid groups (broad SMARTS) is 1. The van der Waals surface area contributed by atoms with E-state index in [2.05, 4.69) is 10.2 Å². The van der Waals surface area contributed by atoms with Gasteiger partial charge in [0, 0.05) is 5.92 Å². The Morgan fingerprint density at radius 1 is 1.32 bits per heavy atom. The van der Waals surface area contributed by atoms with Gasteiger partial charge in [-0.05, 0) is 42.9 Å². The van der Waals surface area contributed by atoms with E-state index in [0.717, 1.165) is 29.6 Å². The molecule has 1 aromatic rings. The molecule has 0 saturated heterocycles. The molecule has 6 heteroatoms. The van der Waals surface area contributed by atoms with E-state index in [1.807, 2.05) is 0 Å². The van der Waals surface area contributed by atoms with Gasteiger partial charge in [-0.1, -0.05) is 0 Å². The quantitative estimate of drug-likeness (QED) is 0.865. The van der Waals surface area contributed by atoms with Crippen LogP contribution in [0.1, 0.15) is 37.0 Å². The molecule has 1 N–H and O–H groups in total. The lowest BCUT2D eigenvalue weighted by Crippen LogP contribution is -2.06. The predicted molar refractivity (Wildman–Crippen MR) is 62.1 cm³/mol. The zero-order valence-electron chi connectivity index (χ0n) is 10.5. The Balaban J connectivity index is 1.39. The summed E-state index contributed by atoms with van der Waals surface area (Å²) < 4.78 is 10.6. The lowest BCUT2D eigenvalue weighted by Gasteiger charge is -2.04. The van der Waals surface area contributed by atoms with Gasteiger partial charge in [0.2, 0.25) is 11.8 Å². The van der Waals surface area contributed by atoms with Crippen molar-refractivity contribution in [2.24, 2.45) is 23.7 Å².